The van der Waals surface area contributed by atoms with Gasteiger partial charge in [0.05, 0.1) is 17.5 Å². The predicted molar refractivity (Wildman–Crippen MR) is 84.5 cm³/mol. The van der Waals surface area contributed by atoms with Gasteiger partial charge in [0.15, 0.2) is 0 Å². The van der Waals surface area contributed by atoms with Gasteiger partial charge in [0.1, 0.15) is 0 Å². The van der Waals surface area contributed by atoms with E-state index in [1.54, 1.807) is 24.3 Å². The topological polar surface area (TPSA) is 66.4 Å². The molecule has 0 spiro atoms. The van der Waals surface area contributed by atoms with Crippen LogP contribution in [0.5, 0.6) is 0 Å². The molecule has 124 valence electrons. The first-order valence-electron chi connectivity index (χ1n) is 6.59. The van der Waals surface area contributed by atoms with Gasteiger partial charge in [0, 0.05) is 10.7 Å². The summed E-state index contributed by atoms with van der Waals surface area (Å²) >= 11 is 5.80. The van der Waals surface area contributed by atoms with Crippen LogP contribution in [0.15, 0.2) is 53.4 Å². The highest BCUT2D eigenvalue weighted by molar-refractivity contribution is 7.91. The fourth-order valence-electron chi connectivity index (χ4n) is 1.97. The summed E-state index contributed by atoms with van der Waals surface area (Å²) in [5.74, 6) is -3.46. The molecule has 2 aromatic carbocycles. The van der Waals surface area contributed by atoms with E-state index in [2.05, 4.69) is 5.32 Å². The molecule has 0 heterocycles. The lowest BCUT2D eigenvalue weighted by Crippen LogP contribution is -2.15. The van der Waals surface area contributed by atoms with Crippen molar-refractivity contribution in [1.29, 1.82) is 0 Å². The van der Waals surface area contributed by atoms with Crippen molar-refractivity contribution in [3.63, 3.8) is 0 Å². The van der Waals surface area contributed by atoms with Crippen LogP contribution in [0.1, 0.15) is 11.6 Å². The third-order valence-electron chi connectivity index (χ3n) is 3.21. The molecule has 0 amide bonds. The van der Waals surface area contributed by atoms with Crippen molar-refractivity contribution in [1.82, 2.24) is 0 Å². The average Bonchev–Trinajstić information content (AvgIpc) is 2.54. The summed E-state index contributed by atoms with van der Waals surface area (Å²) in [4.78, 5) is -0.454. The molecule has 8 heteroatoms. The molecule has 2 N–H and O–H groups in total. The normalized spacial score (nSPS) is 13.1. The lowest BCUT2D eigenvalue weighted by atomic mass is 10.1. The molecule has 0 saturated heterocycles. The van der Waals surface area contributed by atoms with Crippen molar-refractivity contribution < 1.29 is 22.3 Å². The fourth-order valence-corrected chi connectivity index (χ4v) is 2.82. The van der Waals surface area contributed by atoms with E-state index in [0.29, 0.717) is 10.7 Å². The van der Waals surface area contributed by atoms with E-state index in [1.807, 2.05) is 0 Å². The van der Waals surface area contributed by atoms with Crippen molar-refractivity contribution in [2.24, 2.45) is 0 Å². The standard InChI is InChI=1S/C15H14ClF2NO3S/c16-11-3-1-10(2-4-11)14(9-20)19-12-5-7-13(8-6-12)23(21,22)15(17)18/h1-8,14-15,19-20H,9H2. The first kappa shape index (κ1) is 17.7. The lowest BCUT2D eigenvalue weighted by molar-refractivity contribution is 0.234. The Morgan fingerprint density at radius 2 is 1.61 bits per heavy atom. The number of aliphatic hydroxyl groups is 1. The number of sulfone groups is 1. The minimum absolute atomic E-state index is 0.210. The summed E-state index contributed by atoms with van der Waals surface area (Å²) in [5, 5.41) is 13.0. The zero-order valence-corrected chi connectivity index (χ0v) is 13.4. The molecule has 2 rings (SSSR count). The van der Waals surface area contributed by atoms with E-state index < -0.39 is 26.5 Å². The van der Waals surface area contributed by atoms with Crippen LogP contribution >= 0.6 is 11.6 Å². The molecule has 0 aliphatic carbocycles. The van der Waals surface area contributed by atoms with Crippen molar-refractivity contribution >= 4 is 27.1 Å². The zero-order chi connectivity index (χ0) is 17.0. The summed E-state index contributed by atoms with van der Waals surface area (Å²) in [6, 6.07) is 11.3. The first-order valence-corrected chi connectivity index (χ1v) is 8.52. The molecule has 0 radical (unpaired) electrons. The van der Waals surface area contributed by atoms with Gasteiger partial charge in [-0.05, 0) is 42.0 Å². The molecule has 0 aliphatic heterocycles. The summed E-state index contributed by atoms with van der Waals surface area (Å²) in [6.45, 7) is -0.210. The molecule has 0 saturated carbocycles. The summed E-state index contributed by atoms with van der Waals surface area (Å²) in [7, 11) is -4.61. The van der Waals surface area contributed by atoms with Gasteiger partial charge in [-0.2, -0.15) is 8.78 Å². The van der Waals surface area contributed by atoms with Crippen molar-refractivity contribution in [2.45, 2.75) is 16.7 Å². The van der Waals surface area contributed by atoms with Crippen molar-refractivity contribution in [3.8, 4) is 0 Å². The van der Waals surface area contributed by atoms with Crippen molar-refractivity contribution in [3.05, 3.63) is 59.1 Å². The van der Waals surface area contributed by atoms with E-state index in [-0.39, 0.29) is 6.61 Å². The van der Waals surface area contributed by atoms with Crippen LogP contribution in [0.25, 0.3) is 0 Å². The smallest absolute Gasteiger partial charge is 0.341 e. The van der Waals surface area contributed by atoms with Crippen LogP contribution in [-0.4, -0.2) is 25.9 Å². The molecular weight excluding hydrogens is 348 g/mol. The first-order chi connectivity index (χ1) is 10.8. The predicted octanol–water partition coefficient (Wildman–Crippen LogP) is 3.48. The second-order valence-corrected chi connectivity index (χ2v) is 7.12. The zero-order valence-electron chi connectivity index (χ0n) is 11.8. The molecular formula is C15H14ClF2NO3S. The maximum Gasteiger partial charge on any atom is 0.341 e. The molecule has 0 aromatic heterocycles. The van der Waals surface area contributed by atoms with E-state index >= 15 is 0 Å². The van der Waals surface area contributed by atoms with Gasteiger partial charge in [0.25, 0.3) is 0 Å². The van der Waals surface area contributed by atoms with Crippen molar-refractivity contribution in [2.75, 3.05) is 11.9 Å². The Hall–Kier alpha value is -1.70. The van der Waals surface area contributed by atoms with Gasteiger partial charge >= 0.3 is 5.76 Å². The molecule has 23 heavy (non-hydrogen) atoms. The van der Waals surface area contributed by atoms with Gasteiger partial charge in [-0.1, -0.05) is 23.7 Å². The summed E-state index contributed by atoms with van der Waals surface area (Å²) < 4.78 is 47.6. The van der Waals surface area contributed by atoms with E-state index in [1.165, 1.54) is 12.1 Å². The second kappa shape index (κ2) is 7.25. The number of rotatable bonds is 6. The van der Waals surface area contributed by atoms with E-state index in [4.69, 9.17) is 11.6 Å². The molecule has 4 nitrogen and oxygen atoms in total. The van der Waals surface area contributed by atoms with Crippen LogP contribution < -0.4 is 5.32 Å². The summed E-state index contributed by atoms with van der Waals surface area (Å²) in [6.07, 6.45) is 0. The molecule has 1 unspecified atom stereocenters. The fraction of sp³-hybridized carbons (Fsp3) is 0.200. The largest absolute Gasteiger partial charge is 0.394 e. The Labute approximate surface area is 137 Å². The Kier molecular flexibility index (Phi) is 5.56. The maximum atomic E-state index is 12.5. The number of hydrogen-bond acceptors (Lipinski definition) is 4. The number of hydrogen-bond donors (Lipinski definition) is 2. The van der Waals surface area contributed by atoms with Gasteiger partial charge in [-0.3, -0.25) is 0 Å². The van der Waals surface area contributed by atoms with Gasteiger partial charge in [-0.15, -0.1) is 0 Å². The van der Waals surface area contributed by atoms with Gasteiger partial charge < -0.3 is 10.4 Å². The van der Waals surface area contributed by atoms with Gasteiger partial charge in [-0.25, -0.2) is 8.42 Å². The SMILES string of the molecule is O=S(=O)(c1ccc(NC(CO)c2ccc(Cl)cc2)cc1)C(F)F. The van der Waals surface area contributed by atoms with Crippen LogP contribution in [-0.2, 0) is 9.84 Å². The number of aliphatic hydroxyl groups excluding tert-OH is 1. The molecule has 0 fully saturated rings. The third kappa shape index (κ3) is 4.19. The third-order valence-corrected chi connectivity index (χ3v) is 4.86. The number of benzene rings is 2. The minimum Gasteiger partial charge on any atom is -0.394 e. The van der Waals surface area contributed by atoms with E-state index in [9.17, 15) is 22.3 Å². The minimum atomic E-state index is -4.61. The number of alkyl halides is 2. The van der Waals surface area contributed by atoms with Crippen LogP contribution in [0, 0.1) is 0 Å². The monoisotopic (exact) mass is 361 g/mol. The molecule has 0 bridgehead atoms. The molecule has 2 aromatic rings. The number of nitrogens with one attached hydrogen (secondary N) is 1. The Balaban J connectivity index is 2.18. The van der Waals surface area contributed by atoms with Crippen LogP contribution in [0.2, 0.25) is 5.02 Å². The lowest BCUT2D eigenvalue weighted by Gasteiger charge is -2.18. The molecule has 0 aliphatic rings. The van der Waals surface area contributed by atoms with Gasteiger partial charge in [0.2, 0.25) is 9.84 Å². The van der Waals surface area contributed by atoms with E-state index in [0.717, 1.165) is 17.7 Å². The Morgan fingerprint density at radius 1 is 1.04 bits per heavy atom. The quantitative estimate of drug-likeness (QED) is 0.826. The van der Waals surface area contributed by atoms with Crippen LogP contribution in [0.3, 0.4) is 0 Å². The summed E-state index contributed by atoms with van der Waals surface area (Å²) in [5.41, 5.74) is 1.27. The Morgan fingerprint density at radius 3 is 2.09 bits per heavy atom. The highest BCUT2D eigenvalue weighted by atomic mass is 35.5. The Bertz CT molecular complexity index is 749. The second-order valence-electron chi connectivity index (χ2n) is 4.76. The molecule has 1 atom stereocenters. The highest BCUT2D eigenvalue weighted by Gasteiger charge is 2.26. The average molecular weight is 362 g/mol. The van der Waals surface area contributed by atoms with Crippen LogP contribution in [0.4, 0.5) is 14.5 Å². The number of anilines is 1. The highest BCUT2D eigenvalue weighted by Crippen LogP contribution is 2.24. The maximum absolute atomic E-state index is 12.5. The number of halogens is 3.